The Bertz CT molecular complexity index is 289. The molecule has 6 heteroatoms. The molecular formula is C15H30ClNO4. The zero-order valence-corrected chi connectivity index (χ0v) is 14.5. The number of ether oxygens (including phenoxy) is 3. The Morgan fingerprint density at radius 2 is 2.00 bits per heavy atom. The molecule has 1 fully saturated rings. The van der Waals surface area contributed by atoms with Gasteiger partial charge in [0.15, 0.2) is 5.60 Å². The third kappa shape index (κ3) is 7.45. The van der Waals surface area contributed by atoms with Gasteiger partial charge < -0.3 is 19.1 Å². The molecule has 0 radical (unpaired) electrons. The highest BCUT2D eigenvalue weighted by Gasteiger charge is 2.32. The van der Waals surface area contributed by atoms with Crippen LogP contribution in [0.4, 0.5) is 0 Å². The van der Waals surface area contributed by atoms with Gasteiger partial charge in [0.05, 0.1) is 12.7 Å². The highest BCUT2D eigenvalue weighted by atomic mass is 35.5. The second-order valence-corrected chi connectivity index (χ2v) is 5.62. The number of halogens is 1. The van der Waals surface area contributed by atoms with Gasteiger partial charge in [-0.1, -0.05) is 13.8 Å². The molecule has 0 amide bonds. The first-order valence-electron chi connectivity index (χ1n) is 7.64. The van der Waals surface area contributed by atoms with Gasteiger partial charge in [-0.15, -0.1) is 12.4 Å². The zero-order chi connectivity index (χ0) is 15.0. The van der Waals surface area contributed by atoms with Gasteiger partial charge in [-0.3, -0.25) is 0 Å². The molecule has 1 rings (SSSR count). The Morgan fingerprint density at radius 1 is 1.33 bits per heavy atom. The minimum Gasteiger partial charge on any atom is -0.462 e. The van der Waals surface area contributed by atoms with E-state index in [1.807, 2.05) is 0 Å². The van der Waals surface area contributed by atoms with Gasteiger partial charge in [-0.05, 0) is 39.8 Å². The quantitative estimate of drug-likeness (QED) is 0.609. The Hall–Kier alpha value is -0.360. The number of likely N-dealkylation sites (N-methyl/N-ethyl adjacent to an activating group) is 1. The number of nitrogens with zero attached hydrogens (tertiary/aromatic N) is 1. The molecule has 1 aliphatic rings. The fourth-order valence-corrected chi connectivity index (χ4v) is 2.12. The third-order valence-electron chi connectivity index (χ3n) is 3.68. The van der Waals surface area contributed by atoms with E-state index in [1.165, 1.54) is 0 Å². The SMILES string of the molecule is CCN(CC)CCOC(=O)C(C)(C)OCC1CCCO1.Cl. The number of rotatable bonds is 9. The minimum absolute atomic E-state index is 0. The Morgan fingerprint density at radius 3 is 2.52 bits per heavy atom. The number of esters is 1. The first kappa shape index (κ1) is 20.6. The molecule has 0 spiro atoms. The molecule has 1 aliphatic heterocycles. The average molecular weight is 324 g/mol. The Labute approximate surface area is 134 Å². The van der Waals surface area contributed by atoms with E-state index in [2.05, 4.69) is 18.7 Å². The molecule has 0 aromatic heterocycles. The summed E-state index contributed by atoms with van der Waals surface area (Å²) in [4.78, 5) is 14.2. The topological polar surface area (TPSA) is 48.0 Å². The zero-order valence-electron chi connectivity index (χ0n) is 13.7. The Balaban J connectivity index is 0.00000400. The lowest BCUT2D eigenvalue weighted by molar-refractivity contribution is -0.171. The molecule has 0 aromatic carbocycles. The molecule has 0 bridgehead atoms. The molecule has 0 aromatic rings. The van der Waals surface area contributed by atoms with Crippen molar-refractivity contribution in [3.63, 3.8) is 0 Å². The molecule has 0 aliphatic carbocycles. The minimum atomic E-state index is -0.908. The maximum absolute atomic E-state index is 12.0. The fraction of sp³-hybridized carbons (Fsp3) is 0.933. The van der Waals surface area contributed by atoms with Crippen molar-refractivity contribution in [2.24, 2.45) is 0 Å². The predicted octanol–water partition coefficient (Wildman–Crippen LogP) is 2.27. The smallest absolute Gasteiger partial charge is 0.337 e. The van der Waals surface area contributed by atoms with E-state index in [0.29, 0.717) is 13.2 Å². The van der Waals surface area contributed by atoms with E-state index < -0.39 is 5.60 Å². The summed E-state index contributed by atoms with van der Waals surface area (Å²) in [5.74, 6) is -0.303. The van der Waals surface area contributed by atoms with E-state index in [1.54, 1.807) is 13.8 Å². The summed E-state index contributed by atoms with van der Waals surface area (Å²) in [6, 6.07) is 0. The molecule has 1 unspecified atom stereocenters. The normalized spacial score (nSPS) is 18.6. The lowest BCUT2D eigenvalue weighted by atomic mass is 10.1. The molecule has 0 saturated carbocycles. The van der Waals surface area contributed by atoms with Crippen LogP contribution < -0.4 is 0 Å². The third-order valence-corrected chi connectivity index (χ3v) is 3.68. The molecular weight excluding hydrogens is 294 g/mol. The summed E-state index contributed by atoms with van der Waals surface area (Å²) < 4.78 is 16.5. The van der Waals surface area contributed by atoms with Gasteiger partial charge in [0.2, 0.25) is 0 Å². The summed E-state index contributed by atoms with van der Waals surface area (Å²) in [6.07, 6.45) is 2.20. The highest BCUT2D eigenvalue weighted by molar-refractivity contribution is 5.85. The van der Waals surface area contributed by atoms with Crippen LogP contribution in [0.15, 0.2) is 0 Å². The van der Waals surface area contributed by atoms with Crippen LogP contribution in [-0.4, -0.2) is 62.0 Å². The second kappa shape index (κ2) is 10.4. The van der Waals surface area contributed by atoms with Crippen molar-refractivity contribution in [3.8, 4) is 0 Å². The van der Waals surface area contributed by atoms with Gasteiger partial charge in [0, 0.05) is 13.2 Å². The number of hydrogen-bond donors (Lipinski definition) is 0. The Kier molecular flexibility index (Phi) is 10.2. The average Bonchev–Trinajstić information content (AvgIpc) is 2.94. The van der Waals surface area contributed by atoms with Crippen LogP contribution in [0, 0.1) is 0 Å². The van der Waals surface area contributed by atoms with Crippen LogP contribution in [0.25, 0.3) is 0 Å². The largest absolute Gasteiger partial charge is 0.462 e. The van der Waals surface area contributed by atoms with Crippen molar-refractivity contribution >= 4 is 18.4 Å². The van der Waals surface area contributed by atoms with Crippen molar-refractivity contribution in [1.82, 2.24) is 4.90 Å². The summed E-state index contributed by atoms with van der Waals surface area (Å²) in [7, 11) is 0. The van der Waals surface area contributed by atoms with Gasteiger partial charge in [0.1, 0.15) is 6.61 Å². The van der Waals surface area contributed by atoms with Crippen LogP contribution in [0.2, 0.25) is 0 Å². The van der Waals surface area contributed by atoms with Crippen molar-refractivity contribution in [2.45, 2.75) is 52.2 Å². The monoisotopic (exact) mass is 323 g/mol. The molecule has 1 heterocycles. The first-order chi connectivity index (χ1) is 9.49. The maximum atomic E-state index is 12.0. The number of hydrogen-bond acceptors (Lipinski definition) is 5. The molecule has 1 atom stereocenters. The van der Waals surface area contributed by atoms with E-state index in [4.69, 9.17) is 14.2 Å². The summed E-state index contributed by atoms with van der Waals surface area (Å²) in [6.45, 7) is 12.1. The first-order valence-corrected chi connectivity index (χ1v) is 7.64. The molecule has 5 nitrogen and oxygen atoms in total. The van der Waals surface area contributed by atoms with Crippen LogP contribution >= 0.6 is 12.4 Å². The van der Waals surface area contributed by atoms with Crippen molar-refractivity contribution in [1.29, 1.82) is 0 Å². The van der Waals surface area contributed by atoms with Crippen molar-refractivity contribution in [3.05, 3.63) is 0 Å². The van der Waals surface area contributed by atoms with E-state index >= 15 is 0 Å². The lowest BCUT2D eigenvalue weighted by Gasteiger charge is -2.25. The molecule has 0 N–H and O–H groups in total. The van der Waals surface area contributed by atoms with Crippen LogP contribution in [0.1, 0.15) is 40.5 Å². The van der Waals surface area contributed by atoms with E-state index in [9.17, 15) is 4.79 Å². The second-order valence-electron chi connectivity index (χ2n) is 5.62. The van der Waals surface area contributed by atoms with Gasteiger partial charge in [0.25, 0.3) is 0 Å². The molecule has 21 heavy (non-hydrogen) atoms. The van der Waals surface area contributed by atoms with Gasteiger partial charge in [-0.25, -0.2) is 4.79 Å². The molecule has 1 saturated heterocycles. The predicted molar refractivity (Wildman–Crippen MR) is 85.0 cm³/mol. The number of carbonyl (C=O) groups is 1. The molecule has 126 valence electrons. The lowest BCUT2D eigenvalue weighted by Crippen LogP contribution is -2.40. The summed E-state index contributed by atoms with van der Waals surface area (Å²) in [5.41, 5.74) is -0.908. The van der Waals surface area contributed by atoms with Crippen molar-refractivity contribution < 1.29 is 19.0 Å². The van der Waals surface area contributed by atoms with Gasteiger partial charge in [-0.2, -0.15) is 0 Å². The van der Waals surface area contributed by atoms with E-state index in [0.717, 1.165) is 39.1 Å². The fourth-order valence-electron chi connectivity index (χ4n) is 2.12. The highest BCUT2D eigenvalue weighted by Crippen LogP contribution is 2.17. The summed E-state index contributed by atoms with van der Waals surface area (Å²) >= 11 is 0. The van der Waals surface area contributed by atoms with Crippen LogP contribution in [-0.2, 0) is 19.0 Å². The standard InChI is InChI=1S/C15H29NO4.ClH/c1-5-16(6-2)9-11-19-14(17)15(3,4)20-12-13-8-7-10-18-13;/h13H,5-12H2,1-4H3;1H. The van der Waals surface area contributed by atoms with Crippen molar-refractivity contribution in [2.75, 3.05) is 39.5 Å². The van der Waals surface area contributed by atoms with E-state index in [-0.39, 0.29) is 24.5 Å². The number of carbonyl (C=O) groups excluding carboxylic acids is 1. The summed E-state index contributed by atoms with van der Waals surface area (Å²) in [5, 5.41) is 0. The van der Waals surface area contributed by atoms with Crippen LogP contribution in [0.3, 0.4) is 0 Å². The maximum Gasteiger partial charge on any atom is 0.337 e. The van der Waals surface area contributed by atoms with Crippen LogP contribution in [0.5, 0.6) is 0 Å². The van der Waals surface area contributed by atoms with Gasteiger partial charge >= 0.3 is 5.97 Å².